The van der Waals surface area contributed by atoms with E-state index < -0.39 is 11.8 Å². The van der Waals surface area contributed by atoms with Crippen LogP contribution >= 0.6 is 0 Å². The number of hydrogen-bond donors (Lipinski definition) is 2. The van der Waals surface area contributed by atoms with Gasteiger partial charge in [-0.3, -0.25) is 9.59 Å². The maximum absolute atomic E-state index is 11.3. The molecule has 0 aliphatic heterocycles. The first kappa shape index (κ1) is 13.8. The predicted molar refractivity (Wildman–Crippen MR) is 77.7 cm³/mol. The lowest BCUT2D eigenvalue weighted by Crippen LogP contribution is -2.19. The summed E-state index contributed by atoms with van der Waals surface area (Å²) in [7, 11) is 0. The Morgan fingerprint density at radius 3 is 2.05 bits per heavy atom. The Morgan fingerprint density at radius 1 is 0.800 bits per heavy atom. The largest absolute Gasteiger partial charge is 0.369 e. The van der Waals surface area contributed by atoms with E-state index in [1.54, 1.807) is 6.07 Å². The van der Waals surface area contributed by atoms with Gasteiger partial charge in [-0.1, -0.05) is 48.5 Å². The molecule has 20 heavy (non-hydrogen) atoms. The topological polar surface area (TPSA) is 86.2 Å². The molecule has 0 aromatic heterocycles. The minimum atomic E-state index is -0.431. The van der Waals surface area contributed by atoms with E-state index in [1.807, 2.05) is 42.5 Å². The third kappa shape index (κ3) is 3.23. The summed E-state index contributed by atoms with van der Waals surface area (Å²) in [5.74, 6) is -0.861. The molecule has 0 fully saturated rings. The van der Waals surface area contributed by atoms with E-state index in [-0.39, 0.29) is 12.8 Å². The zero-order chi connectivity index (χ0) is 14.5. The highest BCUT2D eigenvalue weighted by atomic mass is 16.1. The first-order valence-corrected chi connectivity index (χ1v) is 6.30. The molecule has 0 heterocycles. The van der Waals surface area contributed by atoms with Crippen molar-refractivity contribution >= 4 is 11.8 Å². The highest BCUT2D eigenvalue weighted by Gasteiger charge is 2.13. The highest BCUT2D eigenvalue weighted by Crippen LogP contribution is 2.27. The Balaban J connectivity index is 2.55. The van der Waals surface area contributed by atoms with Gasteiger partial charge in [0.2, 0.25) is 11.8 Å². The van der Waals surface area contributed by atoms with Gasteiger partial charge in [0.05, 0.1) is 12.8 Å². The summed E-state index contributed by atoms with van der Waals surface area (Å²) in [4.78, 5) is 22.5. The Morgan fingerprint density at radius 2 is 1.45 bits per heavy atom. The molecule has 4 N–H and O–H groups in total. The van der Waals surface area contributed by atoms with Crippen molar-refractivity contribution in [3.63, 3.8) is 0 Å². The van der Waals surface area contributed by atoms with Gasteiger partial charge in [0.1, 0.15) is 0 Å². The molecule has 0 saturated heterocycles. The van der Waals surface area contributed by atoms with Gasteiger partial charge < -0.3 is 11.5 Å². The maximum Gasteiger partial charge on any atom is 0.221 e. The summed E-state index contributed by atoms with van der Waals surface area (Å²) in [6.45, 7) is 0. The minimum Gasteiger partial charge on any atom is -0.369 e. The Bertz CT molecular complexity index is 636. The van der Waals surface area contributed by atoms with Gasteiger partial charge >= 0.3 is 0 Å². The highest BCUT2D eigenvalue weighted by molar-refractivity contribution is 5.84. The molecular formula is C16H16N2O2. The molecule has 0 unspecified atom stereocenters. The molecule has 2 rings (SSSR count). The summed E-state index contributed by atoms with van der Waals surface area (Å²) in [5, 5.41) is 0. The number of rotatable bonds is 5. The SMILES string of the molecule is NC(=O)Cc1cccc(-c2ccccc2)c1CC(N)=O. The second-order valence-corrected chi connectivity index (χ2v) is 4.60. The van der Waals surface area contributed by atoms with E-state index in [9.17, 15) is 9.59 Å². The molecule has 4 heteroatoms. The number of benzene rings is 2. The lowest BCUT2D eigenvalue weighted by Gasteiger charge is -2.13. The van der Waals surface area contributed by atoms with Gasteiger partial charge in [0.15, 0.2) is 0 Å². The normalized spacial score (nSPS) is 10.2. The van der Waals surface area contributed by atoms with Crippen LogP contribution < -0.4 is 11.5 Å². The molecule has 0 atom stereocenters. The summed E-state index contributed by atoms with van der Waals surface area (Å²) in [5.41, 5.74) is 14.0. The molecule has 102 valence electrons. The van der Waals surface area contributed by atoms with Crippen LogP contribution in [0.3, 0.4) is 0 Å². The standard InChI is InChI=1S/C16H16N2O2/c17-15(19)9-12-7-4-8-13(14(12)10-16(18)20)11-5-2-1-3-6-11/h1-8H,9-10H2,(H2,17,19)(H2,18,20). The number of nitrogens with two attached hydrogens (primary N) is 2. The second kappa shape index (κ2) is 6.02. The van der Waals surface area contributed by atoms with E-state index in [0.717, 1.165) is 22.3 Å². The average Bonchev–Trinajstić information content (AvgIpc) is 2.40. The van der Waals surface area contributed by atoms with Crippen LogP contribution in [0.1, 0.15) is 11.1 Å². The number of primary amides is 2. The van der Waals surface area contributed by atoms with Crippen LogP contribution in [-0.4, -0.2) is 11.8 Å². The lowest BCUT2D eigenvalue weighted by molar-refractivity contribution is -0.118. The van der Waals surface area contributed by atoms with E-state index >= 15 is 0 Å². The van der Waals surface area contributed by atoms with E-state index in [2.05, 4.69) is 0 Å². The van der Waals surface area contributed by atoms with Crippen molar-refractivity contribution in [2.45, 2.75) is 12.8 Å². The monoisotopic (exact) mass is 268 g/mol. The fourth-order valence-corrected chi connectivity index (χ4v) is 2.26. The molecule has 0 aliphatic rings. The van der Waals surface area contributed by atoms with Crippen molar-refractivity contribution in [3.05, 3.63) is 59.7 Å². The summed E-state index contributed by atoms with van der Waals surface area (Å²) >= 11 is 0. The van der Waals surface area contributed by atoms with Gasteiger partial charge in [0, 0.05) is 0 Å². The van der Waals surface area contributed by atoms with Gasteiger partial charge in [-0.2, -0.15) is 0 Å². The summed E-state index contributed by atoms with van der Waals surface area (Å²) < 4.78 is 0. The van der Waals surface area contributed by atoms with Crippen molar-refractivity contribution in [1.82, 2.24) is 0 Å². The van der Waals surface area contributed by atoms with Crippen LogP contribution in [0.5, 0.6) is 0 Å². The van der Waals surface area contributed by atoms with Gasteiger partial charge in [-0.05, 0) is 22.3 Å². The van der Waals surface area contributed by atoms with Crippen molar-refractivity contribution < 1.29 is 9.59 Å². The molecule has 2 amide bonds. The average molecular weight is 268 g/mol. The number of amides is 2. The Kier molecular flexibility index (Phi) is 4.15. The molecule has 0 spiro atoms. The quantitative estimate of drug-likeness (QED) is 0.859. The lowest BCUT2D eigenvalue weighted by atomic mass is 9.91. The smallest absolute Gasteiger partial charge is 0.221 e. The van der Waals surface area contributed by atoms with Crippen molar-refractivity contribution in [2.75, 3.05) is 0 Å². The molecule has 0 aliphatic carbocycles. The molecule has 2 aromatic carbocycles. The zero-order valence-electron chi connectivity index (χ0n) is 11.0. The maximum atomic E-state index is 11.3. The number of carbonyl (C=O) groups excluding carboxylic acids is 2. The second-order valence-electron chi connectivity index (χ2n) is 4.60. The van der Waals surface area contributed by atoms with E-state index in [0.29, 0.717) is 0 Å². The molecule has 4 nitrogen and oxygen atoms in total. The van der Waals surface area contributed by atoms with Crippen LogP contribution in [0.25, 0.3) is 11.1 Å². The Labute approximate surface area is 117 Å². The fourth-order valence-electron chi connectivity index (χ4n) is 2.26. The third-order valence-electron chi connectivity index (χ3n) is 3.07. The number of hydrogen-bond acceptors (Lipinski definition) is 2. The van der Waals surface area contributed by atoms with Crippen LogP contribution in [0, 0.1) is 0 Å². The van der Waals surface area contributed by atoms with Crippen LogP contribution in [-0.2, 0) is 22.4 Å². The molecule has 0 saturated carbocycles. The predicted octanol–water partition coefficient (Wildman–Crippen LogP) is 1.41. The molecular weight excluding hydrogens is 252 g/mol. The Hall–Kier alpha value is -2.62. The van der Waals surface area contributed by atoms with Crippen LogP contribution in [0.2, 0.25) is 0 Å². The third-order valence-corrected chi connectivity index (χ3v) is 3.07. The first-order chi connectivity index (χ1) is 9.58. The summed E-state index contributed by atoms with van der Waals surface area (Å²) in [6.07, 6.45) is 0.191. The molecule has 0 radical (unpaired) electrons. The van der Waals surface area contributed by atoms with Gasteiger partial charge in [0.25, 0.3) is 0 Å². The van der Waals surface area contributed by atoms with Crippen molar-refractivity contribution in [1.29, 1.82) is 0 Å². The molecule has 0 bridgehead atoms. The van der Waals surface area contributed by atoms with Crippen LogP contribution in [0.4, 0.5) is 0 Å². The zero-order valence-corrected chi connectivity index (χ0v) is 11.0. The van der Waals surface area contributed by atoms with Crippen molar-refractivity contribution in [3.8, 4) is 11.1 Å². The van der Waals surface area contributed by atoms with Gasteiger partial charge in [-0.25, -0.2) is 0 Å². The van der Waals surface area contributed by atoms with Crippen molar-refractivity contribution in [2.24, 2.45) is 11.5 Å². The number of carbonyl (C=O) groups is 2. The van der Waals surface area contributed by atoms with Crippen LogP contribution in [0.15, 0.2) is 48.5 Å². The first-order valence-electron chi connectivity index (χ1n) is 6.30. The van der Waals surface area contributed by atoms with Gasteiger partial charge in [-0.15, -0.1) is 0 Å². The molecule has 2 aromatic rings. The van der Waals surface area contributed by atoms with E-state index in [4.69, 9.17) is 11.5 Å². The minimum absolute atomic E-state index is 0.0910. The summed E-state index contributed by atoms with van der Waals surface area (Å²) in [6, 6.07) is 15.2. The van der Waals surface area contributed by atoms with E-state index in [1.165, 1.54) is 0 Å². The fraction of sp³-hybridized carbons (Fsp3) is 0.125.